The first-order chi connectivity index (χ1) is 8.40. The van der Waals surface area contributed by atoms with Crippen LogP contribution < -0.4 is 5.32 Å². The maximum atomic E-state index is 11.8. The summed E-state index contributed by atoms with van der Waals surface area (Å²) in [6.07, 6.45) is -0.258. The number of carboxylic acid groups (broad SMARTS) is 1. The van der Waals surface area contributed by atoms with E-state index in [0.717, 1.165) is 19.5 Å². The van der Waals surface area contributed by atoms with E-state index in [9.17, 15) is 9.59 Å². The largest absolute Gasteiger partial charge is 0.479 e. The summed E-state index contributed by atoms with van der Waals surface area (Å²) in [6, 6.07) is -0.175. The highest BCUT2D eigenvalue weighted by Gasteiger charge is 2.25. The third kappa shape index (κ3) is 4.52. The first kappa shape index (κ1) is 14.8. The normalized spacial score (nSPS) is 25.6. The lowest BCUT2D eigenvalue weighted by molar-refractivity contribution is -0.146. The van der Waals surface area contributed by atoms with Crippen LogP contribution in [0, 0.1) is 11.8 Å². The molecule has 0 bridgehead atoms. The van der Waals surface area contributed by atoms with Crippen LogP contribution in [0.3, 0.4) is 0 Å². The van der Waals surface area contributed by atoms with Gasteiger partial charge in [0.25, 0.3) is 0 Å². The van der Waals surface area contributed by atoms with Gasteiger partial charge in [0.2, 0.25) is 0 Å². The lowest BCUT2D eigenvalue weighted by Gasteiger charge is -2.34. The highest BCUT2D eigenvalue weighted by atomic mass is 16.4. The van der Waals surface area contributed by atoms with Crippen molar-refractivity contribution in [1.82, 2.24) is 10.2 Å². The van der Waals surface area contributed by atoms with Crippen LogP contribution in [0.15, 0.2) is 0 Å². The predicted octanol–water partition coefficient (Wildman–Crippen LogP) is 0.509. The second-order valence-electron chi connectivity index (χ2n) is 5.23. The van der Waals surface area contributed by atoms with Crippen LogP contribution in [0.2, 0.25) is 0 Å². The lowest BCUT2D eigenvalue weighted by Crippen LogP contribution is -2.48. The summed E-state index contributed by atoms with van der Waals surface area (Å²) in [4.78, 5) is 24.0. The number of carboxylic acids is 1. The molecule has 1 fully saturated rings. The first-order valence-corrected chi connectivity index (χ1v) is 6.33. The fraction of sp³-hybridized carbons (Fsp3) is 0.833. The maximum absolute atomic E-state index is 11.8. The van der Waals surface area contributed by atoms with E-state index < -0.39 is 12.1 Å². The number of aliphatic hydroxyl groups excluding tert-OH is 1. The summed E-state index contributed by atoms with van der Waals surface area (Å²) in [5, 5.41) is 20.2. The number of amides is 2. The van der Waals surface area contributed by atoms with Crippen molar-refractivity contribution in [1.29, 1.82) is 0 Å². The minimum atomic E-state index is -1.41. The number of hydrogen-bond acceptors (Lipinski definition) is 3. The quantitative estimate of drug-likeness (QED) is 0.685. The Morgan fingerprint density at radius 2 is 1.89 bits per heavy atom. The minimum absolute atomic E-state index is 0.0278. The number of hydrogen-bond donors (Lipinski definition) is 3. The van der Waals surface area contributed by atoms with Gasteiger partial charge in [-0.2, -0.15) is 0 Å². The predicted molar refractivity (Wildman–Crippen MR) is 66.2 cm³/mol. The van der Waals surface area contributed by atoms with Crippen LogP contribution in [0.5, 0.6) is 0 Å². The Labute approximate surface area is 107 Å². The molecular weight excluding hydrogens is 236 g/mol. The number of likely N-dealkylation sites (tertiary alicyclic amines) is 1. The van der Waals surface area contributed by atoms with Crippen molar-refractivity contribution in [3.05, 3.63) is 0 Å². The summed E-state index contributed by atoms with van der Waals surface area (Å²) in [6.45, 7) is 5.87. The van der Waals surface area contributed by atoms with Gasteiger partial charge in [0.05, 0.1) is 0 Å². The molecule has 0 aromatic rings. The van der Waals surface area contributed by atoms with E-state index in [1.807, 2.05) is 0 Å². The zero-order valence-corrected chi connectivity index (χ0v) is 10.9. The number of piperidine rings is 1. The lowest BCUT2D eigenvalue weighted by atomic mass is 9.92. The Bertz CT molecular complexity index is 298. The number of carbonyl (C=O) groups is 2. The number of carbonyl (C=O) groups excluding carboxylic acids is 1. The average Bonchev–Trinajstić information content (AvgIpc) is 2.27. The smallest absolute Gasteiger partial charge is 0.332 e. The van der Waals surface area contributed by atoms with Crippen LogP contribution in [-0.4, -0.2) is 52.9 Å². The average molecular weight is 258 g/mol. The van der Waals surface area contributed by atoms with E-state index in [4.69, 9.17) is 10.2 Å². The van der Waals surface area contributed by atoms with Gasteiger partial charge in [-0.15, -0.1) is 0 Å². The minimum Gasteiger partial charge on any atom is -0.479 e. The van der Waals surface area contributed by atoms with E-state index in [1.54, 1.807) is 4.90 Å². The summed E-state index contributed by atoms with van der Waals surface area (Å²) in [7, 11) is 0. The van der Waals surface area contributed by atoms with E-state index in [-0.39, 0.29) is 19.0 Å². The molecule has 0 aromatic carbocycles. The Kier molecular flexibility index (Phi) is 5.40. The number of rotatable bonds is 4. The van der Waals surface area contributed by atoms with Gasteiger partial charge < -0.3 is 20.4 Å². The van der Waals surface area contributed by atoms with Crippen molar-refractivity contribution in [2.24, 2.45) is 11.8 Å². The molecule has 1 rings (SSSR count). The molecule has 3 atom stereocenters. The number of nitrogens with zero attached hydrogens (tertiary/aromatic N) is 1. The summed E-state index contributed by atoms with van der Waals surface area (Å²) >= 11 is 0. The second-order valence-corrected chi connectivity index (χ2v) is 5.23. The van der Waals surface area contributed by atoms with Crippen LogP contribution in [-0.2, 0) is 4.79 Å². The van der Waals surface area contributed by atoms with Crippen LogP contribution in [0.25, 0.3) is 0 Å². The molecule has 1 heterocycles. The fourth-order valence-electron chi connectivity index (χ4n) is 2.38. The van der Waals surface area contributed by atoms with Crippen LogP contribution in [0.4, 0.5) is 4.79 Å². The van der Waals surface area contributed by atoms with Crippen molar-refractivity contribution in [2.75, 3.05) is 19.6 Å². The molecule has 0 spiro atoms. The second kappa shape index (κ2) is 6.58. The molecule has 3 N–H and O–H groups in total. The summed E-state index contributed by atoms with van der Waals surface area (Å²) in [5.41, 5.74) is 0. The maximum Gasteiger partial charge on any atom is 0.332 e. The van der Waals surface area contributed by atoms with E-state index in [2.05, 4.69) is 19.2 Å². The number of aliphatic carboxylic acids is 1. The first-order valence-electron chi connectivity index (χ1n) is 6.33. The molecule has 0 saturated carbocycles. The van der Waals surface area contributed by atoms with Crippen molar-refractivity contribution in [2.45, 2.75) is 32.8 Å². The molecule has 0 radical (unpaired) electrons. The number of aliphatic hydroxyl groups is 1. The fourth-order valence-corrected chi connectivity index (χ4v) is 2.38. The molecule has 0 aromatic heterocycles. The zero-order chi connectivity index (χ0) is 13.7. The molecule has 18 heavy (non-hydrogen) atoms. The van der Waals surface area contributed by atoms with Gasteiger partial charge in [-0.1, -0.05) is 13.8 Å². The molecule has 1 saturated heterocycles. The summed E-state index contributed by atoms with van der Waals surface area (Å²) in [5.74, 6) is -0.280. The Hall–Kier alpha value is -1.30. The molecule has 0 aliphatic carbocycles. The van der Waals surface area contributed by atoms with Crippen molar-refractivity contribution < 1.29 is 19.8 Å². The van der Waals surface area contributed by atoms with E-state index >= 15 is 0 Å². The standard InChI is InChI=1S/C12H22N2O4/c1-8-5-9(2)7-14(6-8)12(18)13-4-3-10(15)11(16)17/h8-10,15H,3-7H2,1-2H3,(H,13,18)(H,16,17). The van der Waals surface area contributed by atoms with E-state index in [0.29, 0.717) is 11.8 Å². The van der Waals surface area contributed by atoms with Gasteiger partial charge in [0.15, 0.2) is 6.10 Å². The SMILES string of the molecule is CC1CC(C)CN(C(=O)NCCC(O)C(=O)O)C1. The van der Waals surface area contributed by atoms with Crippen molar-refractivity contribution >= 4 is 12.0 Å². The molecule has 6 heteroatoms. The van der Waals surface area contributed by atoms with E-state index in [1.165, 1.54) is 0 Å². The highest BCUT2D eigenvalue weighted by molar-refractivity contribution is 5.74. The third-order valence-corrected chi connectivity index (χ3v) is 3.14. The zero-order valence-electron chi connectivity index (χ0n) is 10.9. The molecule has 104 valence electrons. The van der Waals surface area contributed by atoms with Crippen molar-refractivity contribution in [3.8, 4) is 0 Å². The van der Waals surface area contributed by atoms with Gasteiger partial charge in [-0.3, -0.25) is 0 Å². The Morgan fingerprint density at radius 1 is 1.33 bits per heavy atom. The van der Waals surface area contributed by atoms with Crippen molar-refractivity contribution in [3.63, 3.8) is 0 Å². The monoisotopic (exact) mass is 258 g/mol. The van der Waals surface area contributed by atoms with Gasteiger partial charge in [0.1, 0.15) is 0 Å². The van der Waals surface area contributed by atoms with Gasteiger partial charge in [-0.05, 0) is 18.3 Å². The van der Waals surface area contributed by atoms with Gasteiger partial charge in [0, 0.05) is 26.1 Å². The van der Waals surface area contributed by atoms with Gasteiger partial charge in [-0.25, -0.2) is 9.59 Å². The highest BCUT2D eigenvalue weighted by Crippen LogP contribution is 2.20. The molecule has 1 aliphatic rings. The molecule has 3 unspecified atom stereocenters. The molecule has 1 aliphatic heterocycles. The number of urea groups is 1. The third-order valence-electron chi connectivity index (χ3n) is 3.14. The number of nitrogens with one attached hydrogen (secondary N) is 1. The molecule has 2 amide bonds. The van der Waals surface area contributed by atoms with Crippen LogP contribution in [0.1, 0.15) is 26.7 Å². The van der Waals surface area contributed by atoms with Gasteiger partial charge >= 0.3 is 12.0 Å². The Morgan fingerprint density at radius 3 is 2.39 bits per heavy atom. The molecule has 6 nitrogen and oxygen atoms in total. The topological polar surface area (TPSA) is 89.9 Å². The summed E-state index contributed by atoms with van der Waals surface area (Å²) < 4.78 is 0. The Balaban J connectivity index is 2.30. The molecular formula is C12H22N2O4. The van der Waals surface area contributed by atoms with Crippen LogP contribution >= 0.6 is 0 Å².